The Balaban J connectivity index is 1.76. The van der Waals surface area contributed by atoms with Crippen molar-refractivity contribution in [2.45, 2.75) is 6.54 Å². The lowest BCUT2D eigenvalue weighted by molar-refractivity contribution is 0.397. The molecule has 0 radical (unpaired) electrons. The summed E-state index contributed by atoms with van der Waals surface area (Å²) in [5.41, 5.74) is 3.15. The van der Waals surface area contributed by atoms with Gasteiger partial charge in [-0.3, -0.25) is 5.10 Å². The number of anilines is 1. The molecule has 19 heavy (non-hydrogen) atoms. The maximum absolute atomic E-state index is 5.03. The normalized spacial score (nSPS) is 10.6. The summed E-state index contributed by atoms with van der Waals surface area (Å²) in [4.78, 5) is 4.18. The predicted molar refractivity (Wildman–Crippen MR) is 74.2 cm³/mol. The summed E-state index contributed by atoms with van der Waals surface area (Å²) in [5, 5.41) is 11.5. The first kappa shape index (κ1) is 11.5. The smallest absolute Gasteiger partial charge is 0.212 e. The van der Waals surface area contributed by atoms with Crippen molar-refractivity contribution in [2.24, 2.45) is 0 Å². The van der Waals surface area contributed by atoms with E-state index in [-0.39, 0.29) is 0 Å². The minimum atomic E-state index is 0.624. The molecule has 0 atom stereocenters. The van der Waals surface area contributed by atoms with Crippen molar-refractivity contribution in [2.75, 3.05) is 12.4 Å². The summed E-state index contributed by atoms with van der Waals surface area (Å²) in [6, 6.07) is 9.91. The molecule has 0 unspecified atom stereocenters. The second kappa shape index (κ2) is 4.97. The molecule has 1 aromatic carbocycles. The van der Waals surface area contributed by atoms with Crippen molar-refractivity contribution in [1.29, 1.82) is 0 Å². The number of methoxy groups -OCH3 is 1. The standard InChI is InChI=1S/C14H14N4O/c1-19-13-6-5-10(8-16-13)7-15-12-4-2-3-11-9-17-18-14(11)12/h2-6,8-9,15H,7H2,1H3,(H,17,18). The molecular formula is C14H14N4O. The Morgan fingerprint density at radius 1 is 1.21 bits per heavy atom. The molecule has 96 valence electrons. The van der Waals surface area contributed by atoms with Crippen molar-refractivity contribution < 1.29 is 4.74 Å². The van der Waals surface area contributed by atoms with Crippen LogP contribution in [0.4, 0.5) is 5.69 Å². The van der Waals surface area contributed by atoms with Gasteiger partial charge in [0.2, 0.25) is 5.88 Å². The van der Waals surface area contributed by atoms with Gasteiger partial charge in [-0.05, 0) is 11.6 Å². The number of aromatic nitrogens is 3. The first-order chi connectivity index (χ1) is 9.36. The molecular weight excluding hydrogens is 240 g/mol. The number of nitrogens with zero attached hydrogens (tertiary/aromatic N) is 2. The van der Waals surface area contributed by atoms with E-state index >= 15 is 0 Å². The third-order valence-corrected chi connectivity index (χ3v) is 2.97. The molecule has 2 N–H and O–H groups in total. The Morgan fingerprint density at radius 2 is 2.16 bits per heavy atom. The van der Waals surface area contributed by atoms with Gasteiger partial charge >= 0.3 is 0 Å². The number of fused-ring (bicyclic) bond motifs is 1. The van der Waals surface area contributed by atoms with E-state index < -0.39 is 0 Å². The lowest BCUT2D eigenvalue weighted by Gasteiger charge is -2.07. The van der Waals surface area contributed by atoms with Crippen LogP contribution in [-0.4, -0.2) is 22.3 Å². The van der Waals surface area contributed by atoms with E-state index in [0.717, 1.165) is 22.2 Å². The highest BCUT2D eigenvalue weighted by Crippen LogP contribution is 2.21. The fourth-order valence-corrected chi connectivity index (χ4v) is 1.95. The monoisotopic (exact) mass is 254 g/mol. The molecule has 0 saturated carbocycles. The topological polar surface area (TPSA) is 62.8 Å². The Labute approximate surface area is 110 Å². The number of pyridine rings is 1. The molecule has 3 aromatic rings. The molecule has 5 heteroatoms. The molecule has 2 heterocycles. The molecule has 0 saturated heterocycles. The van der Waals surface area contributed by atoms with Crippen LogP contribution in [0, 0.1) is 0 Å². The summed E-state index contributed by atoms with van der Waals surface area (Å²) in [6.07, 6.45) is 3.62. The fourth-order valence-electron chi connectivity index (χ4n) is 1.95. The van der Waals surface area contributed by atoms with Gasteiger partial charge in [0.05, 0.1) is 24.5 Å². The summed E-state index contributed by atoms with van der Waals surface area (Å²) >= 11 is 0. The summed E-state index contributed by atoms with van der Waals surface area (Å²) in [5.74, 6) is 0.624. The molecule has 0 fully saturated rings. The largest absolute Gasteiger partial charge is 0.481 e. The van der Waals surface area contributed by atoms with Crippen LogP contribution in [-0.2, 0) is 6.54 Å². The number of H-pyrrole nitrogens is 1. The first-order valence-electron chi connectivity index (χ1n) is 6.02. The van der Waals surface area contributed by atoms with E-state index in [2.05, 4.69) is 20.5 Å². The molecule has 0 aliphatic rings. The van der Waals surface area contributed by atoms with Crippen molar-refractivity contribution in [1.82, 2.24) is 15.2 Å². The van der Waals surface area contributed by atoms with Crippen LogP contribution in [0.25, 0.3) is 10.9 Å². The molecule has 5 nitrogen and oxygen atoms in total. The third kappa shape index (κ3) is 2.35. The molecule has 0 aliphatic carbocycles. The molecule has 0 amide bonds. The molecule has 0 aliphatic heterocycles. The zero-order valence-electron chi connectivity index (χ0n) is 10.6. The van der Waals surface area contributed by atoms with Crippen molar-refractivity contribution >= 4 is 16.6 Å². The molecule has 2 aromatic heterocycles. The van der Waals surface area contributed by atoms with Gasteiger partial charge in [0.25, 0.3) is 0 Å². The zero-order valence-corrected chi connectivity index (χ0v) is 10.6. The highest BCUT2D eigenvalue weighted by molar-refractivity contribution is 5.89. The number of hydrogen-bond acceptors (Lipinski definition) is 4. The van der Waals surface area contributed by atoms with Gasteiger partial charge < -0.3 is 10.1 Å². The number of rotatable bonds is 4. The van der Waals surface area contributed by atoms with Crippen LogP contribution < -0.4 is 10.1 Å². The lowest BCUT2D eigenvalue weighted by Crippen LogP contribution is -2.00. The van der Waals surface area contributed by atoms with E-state index in [1.165, 1.54) is 0 Å². The lowest BCUT2D eigenvalue weighted by atomic mass is 10.2. The highest BCUT2D eigenvalue weighted by Gasteiger charge is 2.02. The number of ether oxygens (including phenoxy) is 1. The van der Waals surface area contributed by atoms with Crippen LogP contribution in [0.5, 0.6) is 5.88 Å². The number of hydrogen-bond donors (Lipinski definition) is 2. The van der Waals surface area contributed by atoms with Gasteiger partial charge in [-0.25, -0.2) is 4.98 Å². The maximum atomic E-state index is 5.03. The summed E-state index contributed by atoms with van der Waals surface area (Å²) in [6.45, 7) is 0.703. The van der Waals surface area contributed by atoms with E-state index in [9.17, 15) is 0 Å². The Hall–Kier alpha value is -2.56. The van der Waals surface area contributed by atoms with Gasteiger partial charge in [-0.2, -0.15) is 5.10 Å². The zero-order chi connectivity index (χ0) is 13.1. The van der Waals surface area contributed by atoms with Gasteiger partial charge in [-0.1, -0.05) is 18.2 Å². The minimum absolute atomic E-state index is 0.624. The molecule has 0 bridgehead atoms. The van der Waals surface area contributed by atoms with Crippen LogP contribution >= 0.6 is 0 Å². The Morgan fingerprint density at radius 3 is 2.95 bits per heavy atom. The average molecular weight is 254 g/mol. The predicted octanol–water partition coefficient (Wildman–Crippen LogP) is 2.58. The Bertz CT molecular complexity index is 675. The van der Waals surface area contributed by atoms with Crippen LogP contribution in [0.3, 0.4) is 0 Å². The van der Waals surface area contributed by atoms with Crippen molar-refractivity contribution in [3.8, 4) is 5.88 Å². The number of para-hydroxylation sites is 1. The van der Waals surface area contributed by atoms with Gasteiger partial charge in [0.1, 0.15) is 0 Å². The average Bonchev–Trinajstić information content (AvgIpc) is 2.94. The van der Waals surface area contributed by atoms with Crippen molar-refractivity contribution in [3.63, 3.8) is 0 Å². The molecule has 3 rings (SSSR count). The number of benzene rings is 1. The Kier molecular flexibility index (Phi) is 3.02. The summed E-state index contributed by atoms with van der Waals surface area (Å²) in [7, 11) is 1.61. The van der Waals surface area contributed by atoms with Gasteiger partial charge in [0.15, 0.2) is 0 Å². The van der Waals surface area contributed by atoms with E-state index in [1.807, 2.05) is 36.5 Å². The third-order valence-electron chi connectivity index (χ3n) is 2.97. The van der Waals surface area contributed by atoms with E-state index in [0.29, 0.717) is 12.4 Å². The molecule has 0 spiro atoms. The quantitative estimate of drug-likeness (QED) is 0.751. The highest BCUT2D eigenvalue weighted by atomic mass is 16.5. The van der Waals surface area contributed by atoms with Crippen LogP contribution in [0.15, 0.2) is 42.7 Å². The maximum Gasteiger partial charge on any atom is 0.212 e. The second-order valence-corrected chi connectivity index (χ2v) is 4.20. The first-order valence-corrected chi connectivity index (χ1v) is 6.02. The van der Waals surface area contributed by atoms with Gasteiger partial charge in [-0.15, -0.1) is 0 Å². The SMILES string of the molecule is COc1ccc(CNc2cccc3cn[nH]c23)cn1. The van der Waals surface area contributed by atoms with Gasteiger partial charge in [0, 0.05) is 24.2 Å². The second-order valence-electron chi connectivity index (χ2n) is 4.20. The van der Waals surface area contributed by atoms with E-state index in [1.54, 1.807) is 13.3 Å². The van der Waals surface area contributed by atoms with E-state index in [4.69, 9.17) is 4.74 Å². The number of aromatic amines is 1. The number of nitrogens with one attached hydrogen (secondary N) is 2. The fraction of sp³-hybridized carbons (Fsp3) is 0.143. The van der Waals surface area contributed by atoms with Crippen LogP contribution in [0.2, 0.25) is 0 Å². The van der Waals surface area contributed by atoms with Crippen molar-refractivity contribution in [3.05, 3.63) is 48.3 Å². The summed E-state index contributed by atoms with van der Waals surface area (Å²) < 4.78 is 5.03. The van der Waals surface area contributed by atoms with Crippen LogP contribution in [0.1, 0.15) is 5.56 Å². The minimum Gasteiger partial charge on any atom is -0.481 e.